The highest BCUT2D eigenvalue weighted by Crippen LogP contribution is 2.33. The van der Waals surface area contributed by atoms with Crippen molar-refractivity contribution < 1.29 is 13.2 Å². The van der Waals surface area contributed by atoms with E-state index in [1.807, 2.05) is 27.7 Å². The zero-order valence-corrected chi connectivity index (χ0v) is 11.3. The number of halogens is 3. The van der Waals surface area contributed by atoms with Crippen molar-refractivity contribution >= 4 is 0 Å². The highest BCUT2D eigenvalue weighted by atomic mass is 19.4. The van der Waals surface area contributed by atoms with E-state index >= 15 is 0 Å². The summed E-state index contributed by atoms with van der Waals surface area (Å²) < 4.78 is 39.9. The molecule has 0 atom stereocenters. The summed E-state index contributed by atoms with van der Waals surface area (Å²) in [7, 11) is 0. The minimum Gasteiger partial charge on any atom is -0.249 e. The van der Waals surface area contributed by atoms with Crippen LogP contribution in [0.3, 0.4) is 0 Å². The molecule has 0 radical (unpaired) electrons. The lowest BCUT2D eigenvalue weighted by Crippen LogP contribution is -2.18. The van der Waals surface area contributed by atoms with E-state index in [-0.39, 0.29) is 11.1 Å². The van der Waals surface area contributed by atoms with Gasteiger partial charge in [0.25, 0.3) is 0 Å². The molecule has 0 aliphatic rings. The Kier molecular flexibility index (Phi) is 4.40. The van der Waals surface area contributed by atoms with Gasteiger partial charge in [-0.3, -0.25) is 0 Å². The predicted octanol–water partition coefficient (Wildman–Crippen LogP) is 3.69. The highest BCUT2D eigenvalue weighted by molar-refractivity contribution is 5.15. The Labute approximate surface area is 105 Å². The molecule has 1 aromatic heterocycles. The summed E-state index contributed by atoms with van der Waals surface area (Å²) >= 11 is 0. The van der Waals surface area contributed by atoms with E-state index in [9.17, 15) is 13.2 Å². The second-order valence-corrected chi connectivity index (χ2v) is 5.70. The van der Waals surface area contributed by atoms with Crippen LogP contribution < -0.4 is 0 Å². The first-order valence-corrected chi connectivity index (χ1v) is 6.14. The van der Waals surface area contributed by atoms with E-state index in [4.69, 9.17) is 0 Å². The maximum atomic E-state index is 12.8. The van der Waals surface area contributed by atoms with E-state index in [0.29, 0.717) is 13.0 Å². The fourth-order valence-electron chi connectivity index (χ4n) is 1.72. The minimum atomic E-state index is -4.43. The third-order valence-corrected chi connectivity index (χ3v) is 2.53. The second-order valence-electron chi connectivity index (χ2n) is 5.70. The molecule has 0 unspecified atom stereocenters. The Balaban J connectivity index is 3.09. The van der Waals surface area contributed by atoms with Gasteiger partial charge in [0.2, 0.25) is 0 Å². The van der Waals surface area contributed by atoms with Crippen LogP contribution in [-0.4, -0.2) is 15.0 Å². The van der Waals surface area contributed by atoms with Crippen LogP contribution >= 0.6 is 0 Å². The van der Waals surface area contributed by atoms with Crippen molar-refractivity contribution in [3.05, 3.63) is 11.4 Å². The lowest BCUT2D eigenvalue weighted by Gasteiger charge is -2.19. The molecule has 0 amide bonds. The smallest absolute Gasteiger partial charge is 0.249 e. The molecule has 1 rings (SSSR count). The average molecular weight is 263 g/mol. The number of rotatable bonds is 4. The third-order valence-electron chi connectivity index (χ3n) is 2.53. The molecule has 0 saturated carbocycles. The molecule has 0 aliphatic heterocycles. The molecule has 1 heterocycles. The van der Waals surface area contributed by atoms with Crippen molar-refractivity contribution in [1.29, 1.82) is 0 Å². The fourth-order valence-corrected chi connectivity index (χ4v) is 1.72. The van der Waals surface area contributed by atoms with Gasteiger partial charge in [-0.1, -0.05) is 39.3 Å². The second kappa shape index (κ2) is 5.28. The van der Waals surface area contributed by atoms with Crippen LogP contribution in [-0.2, 0) is 19.1 Å². The van der Waals surface area contributed by atoms with Gasteiger partial charge in [0.05, 0.1) is 5.69 Å². The Hall–Kier alpha value is -1.07. The van der Waals surface area contributed by atoms with Gasteiger partial charge < -0.3 is 0 Å². The average Bonchev–Trinajstić information content (AvgIpc) is 2.54. The lowest BCUT2D eigenvalue weighted by atomic mass is 9.89. The zero-order chi connectivity index (χ0) is 14.0. The molecule has 0 fully saturated rings. The van der Waals surface area contributed by atoms with Gasteiger partial charge >= 0.3 is 6.18 Å². The van der Waals surface area contributed by atoms with E-state index in [1.54, 1.807) is 0 Å². The van der Waals surface area contributed by atoms with Gasteiger partial charge in [-0.15, -0.1) is 5.10 Å². The summed E-state index contributed by atoms with van der Waals surface area (Å²) in [5.41, 5.74) is -0.872. The molecular formula is C12H20F3N3. The summed E-state index contributed by atoms with van der Waals surface area (Å²) in [5, 5.41) is 6.96. The molecule has 6 heteroatoms. The molecule has 0 spiro atoms. The summed E-state index contributed by atoms with van der Waals surface area (Å²) in [6, 6.07) is 0. The molecule has 104 valence electrons. The van der Waals surface area contributed by atoms with E-state index in [0.717, 1.165) is 12.8 Å². The van der Waals surface area contributed by atoms with Crippen LogP contribution in [0.25, 0.3) is 0 Å². The Morgan fingerprint density at radius 2 is 1.78 bits per heavy atom. The number of hydrogen-bond donors (Lipinski definition) is 0. The van der Waals surface area contributed by atoms with Crippen LogP contribution in [0, 0.1) is 5.41 Å². The normalized spacial score (nSPS) is 13.1. The minimum absolute atomic E-state index is 0.198. The van der Waals surface area contributed by atoms with Crippen LogP contribution in [0.5, 0.6) is 0 Å². The molecule has 3 nitrogen and oxygen atoms in total. The van der Waals surface area contributed by atoms with E-state index < -0.39 is 11.9 Å². The molecule has 0 aromatic carbocycles. The van der Waals surface area contributed by atoms with Crippen LogP contribution in [0.4, 0.5) is 13.2 Å². The SMILES string of the molecule is CCCCn1nnc(C(F)(F)F)c1CC(C)(C)C. The number of hydrogen-bond acceptors (Lipinski definition) is 2. The van der Waals surface area contributed by atoms with Crippen molar-refractivity contribution in [2.75, 3.05) is 0 Å². The molecule has 0 N–H and O–H groups in total. The van der Waals surface area contributed by atoms with Gasteiger partial charge in [0.1, 0.15) is 0 Å². The Bertz CT molecular complexity index is 388. The maximum absolute atomic E-state index is 12.8. The topological polar surface area (TPSA) is 30.7 Å². The molecule has 1 aromatic rings. The monoisotopic (exact) mass is 263 g/mol. The first kappa shape index (κ1) is 15.0. The molecule has 18 heavy (non-hydrogen) atoms. The van der Waals surface area contributed by atoms with Crippen molar-refractivity contribution in [1.82, 2.24) is 15.0 Å². The number of unbranched alkanes of at least 4 members (excludes halogenated alkanes) is 1. The first-order valence-electron chi connectivity index (χ1n) is 6.14. The van der Waals surface area contributed by atoms with Crippen molar-refractivity contribution in [2.24, 2.45) is 5.41 Å². The van der Waals surface area contributed by atoms with Crippen molar-refractivity contribution in [3.8, 4) is 0 Å². The lowest BCUT2D eigenvalue weighted by molar-refractivity contribution is -0.142. The van der Waals surface area contributed by atoms with Crippen LogP contribution in [0.15, 0.2) is 0 Å². The van der Waals surface area contributed by atoms with Gasteiger partial charge in [0.15, 0.2) is 5.69 Å². The Morgan fingerprint density at radius 1 is 1.17 bits per heavy atom. The number of alkyl halides is 3. The highest BCUT2D eigenvalue weighted by Gasteiger charge is 2.39. The summed E-state index contributed by atoms with van der Waals surface area (Å²) in [6.45, 7) is 8.20. The largest absolute Gasteiger partial charge is 0.437 e. The van der Waals surface area contributed by atoms with Gasteiger partial charge in [-0.05, 0) is 18.3 Å². The summed E-state index contributed by atoms with van der Waals surface area (Å²) in [4.78, 5) is 0. The predicted molar refractivity (Wildman–Crippen MR) is 63.1 cm³/mol. The fraction of sp³-hybridized carbons (Fsp3) is 0.833. The van der Waals surface area contributed by atoms with Crippen molar-refractivity contribution in [2.45, 2.75) is 59.7 Å². The molecule has 0 saturated heterocycles. The van der Waals surface area contributed by atoms with Gasteiger partial charge in [-0.2, -0.15) is 13.2 Å². The molecule has 0 aliphatic carbocycles. The van der Waals surface area contributed by atoms with Crippen molar-refractivity contribution in [3.63, 3.8) is 0 Å². The number of aromatic nitrogens is 3. The number of aryl methyl sites for hydroxylation is 1. The maximum Gasteiger partial charge on any atom is 0.437 e. The van der Waals surface area contributed by atoms with Crippen LogP contribution in [0.1, 0.15) is 51.9 Å². The Morgan fingerprint density at radius 3 is 2.22 bits per heavy atom. The van der Waals surface area contributed by atoms with Crippen LogP contribution in [0.2, 0.25) is 0 Å². The number of nitrogens with zero attached hydrogens (tertiary/aromatic N) is 3. The summed E-state index contributed by atoms with van der Waals surface area (Å²) in [5.74, 6) is 0. The van der Waals surface area contributed by atoms with E-state index in [1.165, 1.54) is 4.68 Å². The zero-order valence-electron chi connectivity index (χ0n) is 11.3. The summed E-state index contributed by atoms with van der Waals surface area (Å²) in [6.07, 6.45) is -2.39. The quantitative estimate of drug-likeness (QED) is 0.829. The first-order chi connectivity index (χ1) is 8.15. The molecular weight excluding hydrogens is 243 g/mol. The van der Waals surface area contributed by atoms with Gasteiger partial charge in [-0.25, -0.2) is 4.68 Å². The standard InChI is InChI=1S/C12H20F3N3/c1-5-6-7-18-9(8-11(2,3)4)10(16-17-18)12(13,14)15/h5-8H2,1-4H3. The third kappa shape index (κ3) is 3.99. The molecule has 0 bridgehead atoms. The van der Waals surface area contributed by atoms with E-state index in [2.05, 4.69) is 10.3 Å². The van der Waals surface area contributed by atoms with Gasteiger partial charge in [0, 0.05) is 6.54 Å².